The van der Waals surface area contributed by atoms with E-state index in [4.69, 9.17) is 0 Å². The lowest BCUT2D eigenvalue weighted by atomic mass is 9.98. The summed E-state index contributed by atoms with van der Waals surface area (Å²) < 4.78 is 1.86. The van der Waals surface area contributed by atoms with Gasteiger partial charge in [0.1, 0.15) is 0 Å². The monoisotopic (exact) mass is 271 g/mol. The standard InChI is InChI=1S/C15H21N5/c1-11-4-2-8-20-14(11)17-15(18-20)16-12-6-9-19-7-3-5-13(19)10-12/h2,4,8,12-13H,3,5-7,9-10H2,1H3,(H,16,18). The molecular formula is C15H21N5. The molecule has 2 aliphatic heterocycles. The number of rotatable bonds is 2. The van der Waals surface area contributed by atoms with E-state index in [-0.39, 0.29) is 0 Å². The number of nitrogens with zero attached hydrogens (tertiary/aromatic N) is 4. The van der Waals surface area contributed by atoms with E-state index in [0.29, 0.717) is 6.04 Å². The molecule has 0 aliphatic carbocycles. The first-order chi connectivity index (χ1) is 9.79. The minimum Gasteiger partial charge on any atom is -0.350 e. The summed E-state index contributed by atoms with van der Waals surface area (Å²) in [6.07, 6.45) is 7.11. The predicted molar refractivity (Wildman–Crippen MR) is 79.0 cm³/mol. The average molecular weight is 271 g/mol. The van der Waals surface area contributed by atoms with Gasteiger partial charge in [-0.25, -0.2) is 4.52 Å². The van der Waals surface area contributed by atoms with Crippen LogP contribution in [0.25, 0.3) is 5.65 Å². The smallest absolute Gasteiger partial charge is 0.243 e. The van der Waals surface area contributed by atoms with Crippen molar-refractivity contribution in [1.82, 2.24) is 19.5 Å². The summed E-state index contributed by atoms with van der Waals surface area (Å²) >= 11 is 0. The van der Waals surface area contributed by atoms with E-state index in [1.807, 2.05) is 16.8 Å². The summed E-state index contributed by atoms with van der Waals surface area (Å²) in [7, 11) is 0. The normalized spacial score (nSPS) is 26.9. The lowest BCUT2D eigenvalue weighted by molar-refractivity contribution is 0.188. The van der Waals surface area contributed by atoms with Crippen molar-refractivity contribution in [3.05, 3.63) is 23.9 Å². The zero-order valence-corrected chi connectivity index (χ0v) is 11.9. The molecule has 106 valence electrons. The van der Waals surface area contributed by atoms with Gasteiger partial charge < -0.3 is 10.2 Å². The maximum Gasteiger partial charge on any atom is 0.243 e. The van der Waals surface area contributed by atoms with Crippen molar-refractivity contribution in [1.29, 1.82) is 0 Å². The molecule has 2 aliphatic rings. The lowest BCUT2D eigenvalue weighted by Crippen LogP contribution is -2.42. The van der Waals surface area contributed by atoms with Crippen molar-refractivity contribution in [3.63, 3.8) is 0 Å². The summed E-state index contributed by atoms with van der Waals surface area (Å²) in [4.78, 5) is 7.26. The molecule has 2 fully saturated rings. The number of fused-ring (bicyclic) bond motifs is 2. The fourth-order valence-corrected chi connectivity index (χ4v) is 3.64. The molecule has 4 rings (SSSR count). The molecule has 0 spiro atoms. The summed E-state index contributed by atoms with van der Waals surface area (Å²) in [5.74, 6) is 0.774. The molecule has 0 bridgehead atoms. The van der Waals surface area contributed by atoms with E-state index in [1.54, 1.807) is 0 Å². The molecule has 2 aromatic rings. The van der Waals surface area contributed by atoms with E-state index >= 15 is 0 Å². The van der Waals surface area contributed by atoms with Gasteiger partial charge >= 0.3 is 0 Å². The van der Waals surface area contributed by atoms with Gasteiger partial charge in [-0.1, -0.05) is 6.07 Å². The molecule has 2 aromatic heterocycles. The molecule has 0 amide bonds. The number of hydrogen-bond donors (Lipinski definition) is 1. The number of anilines is 1. The number of aromatic nitrogens is 3. The Labute approximate surface area is 119 Å². The first kappa shape index (κ1) is 12.1. The van der Waals surface area contributed by atoms with Crippen LogP contribution in [0.5, 0.6) is 0 Å². The van der Waals surface area contributed by atoms with Gasteiger partial charge in [-0.15, -0.1) is 5.10 Å². The largest absolute Gasteiger partial charge is 0.350 e. The Morgan fingerprint density at radius 3 is 3.15 bits per heavy atom. The van der Waals surface area contributed by atoms with Crippen LogP contribution in [-0.2, 0) is 0 Å². The van der Waals surface area contributed by atoms with Gasteiger partial charge in [-0.3, -0.25) is 0 Å². The van der Waals surface area contributed by atoms with Gasteiger partial charge in [0, 0.05) is 24.8 Å². The molecule has 4 heterocycles. The van der Waals surface area contributed by atoms with Crippen LogP contribution in [0, 0.1) is 6.92 Å². The fraction of sp³-hybridized carbons (Fsp3) is 0.600. The number of aryl methyl sites for hydroxylation is 1. The van der Waals surface area contributed by atoms with E-state index < -0.39 is 0 Å². The molecule has 2 saturated heterocycles. The zero-order valence-electron chi connectivity index (χ0n) is 11.9. The van der Waals surface area contributed by atoms with Gasteiger partial charge in [0.05, 0.1) is 0 Å². The molecule has 0 saturated carbocycles. The molecule has 0 aromatic carbocycles. The van der Waals surface area contributed by atoms with Crippen molar-refractivity contribution in [2.45, 2.75) is 44.7 Å². The maximum atomic E-state index is 4.62. The van der Waals surface area contributed by atoms with E-state index in [9.17, 15) is 0 Å². The van der Waals surface area contributed by atoms with E-state index in [2.05, 4.69) is 33.3 Å². The van der Waals surface area contributed by atoms with E-state index in [0.717, 1.165) is 17.6 Å². The van der Waals surface area contributed by atoms with Gasteiger partial charge in [0.2, 0.25) is 5.95 Å². The highest BCUT2D eigenvalue weighted by Gasteiger charge is 2.31. The first-order valence-corrected chi connectivity index (χ1v) is 7.62. The second-order valence-electron chi connectivity index (χ2n) is 6.09. The van der Waals surface area contributed by atoms with Crippen molar-refractivity contribution >= 4 is 11.6 Å². The number of nitrogens with one attached hydrogen (secondary N) is 1. The zero-order chi connectivity index (χ0) is 13.5. The molecule has 5 nitrogen and oxygen atoms in total. The third-order valence-corrected chi connectivity index (χ3v) is 4.71. The Kier molecular flexibility index (Phi) is 2.88. The van der Waals surface area contributed by atoms with Gasteiger partial charge in [-0.2, -0.15) is 4.98 Å². The van der Waals surface area contributed by atoms with Crippen LogP contribution in [0.1, 0.15) is 31.2 Å². The minimum absolute atomic E-state index is 0.520. The van der Waals surface area contributed by atoms with Crippen LogP contribution in [0.3, 0.4) is 0 Å². The van der Waals surface area contributed by atoms with Gasteiger partial charge in [-0.05, 0) is 50.8 Å². The van der Waals surface area contributed by atoms with Crippen LogP contribution in [0.15, 0.2) is 18.3 Å². The van der Waals surface area contributed by atoms with Crippen molar-refractivity contribution in [3.8, 4) is 0 Å². The van der Waals surface area contributed by atoms with Crippen molar-refractivity contribution < 1.29 is 0 Å². The van der Waals surface area contributed by atoms with Crippen LogP contribution < -0.4 is 5.32 Å². The van der Waals surface area contributed by atoms with Gasteiger partial charge in [0.25, 0.3) is 0 Å². The minimum atomic E-state index is 0.520. The van der Waals surface area contributed by atoms with Crippen molar-refractivity contribution in [2.75, 3.05) is 18.4 Å². The topological polar surface area (TPSA) is 45.5 Å². The number of pyridine rings is 1. The Morgan fingerprint density at radius 2 is 2.25 bits per heavy atom. The summed E-state index contributed by atoms with van der Waals surface area (Å²) in [6, 6.07) is 5.38. The lowest BCUT2D eigenvalue weighted by Gasteiger charge is -2.34. The summed E-state index contributed by atoms with van der Waals surface area (Å²) in [5.41, 5.74) is 2.12. The highest BCUT2D eigenvalue weighted by Crippen LogP contribution is 2.28. The Balaban J connectivity index is 1.51. The number of hydrogen-bond acceptors (Lipinski definition) is 4. The van der Waals surface area contributed by atoms with E-state index in [1.165, 1.54) is 44.3 Å². The Hall–Kier alpha value is -1.62. The third-order valence-electron chi connectivity index (χ3n) is 4.71. The highest BCUT2D eigenvalue weighted by molar-refractivity contribution is 5.50. The first-order valence-electron chi connectivity index (χ1n) is 7.62. The average Bonchev–Trinajstić information content (AvgIpc) is 3.05. The van der Waals surface area contributed by atoms with Crippen LogP contribution >= 0.6 is 0 Å². The van der Waals surface area contributed by atoms with Crippen LogP contribution in [0.4, 0.5) is 5.95 Å². The second kappa shape index (κ2) is 4.74. The quantitative estimate of drug-likeness (QED) is 0.908. The molecule has 1 N–H and O–H groups in total. The molecule has 20 heavy (non-hydrogen) atoms. The molecule has 2 atom stereocenters. The SMILES string of the molecule is Cc1cccn2nc(NC3CCN4CCCC4C3)nc12. The fourth-order valence-electron chi connectivity index (χ4n) is 3.64. The maximum absolute atomic E-state index is 4.62. The number of piperidine rings is 1. The molecular weight excluding hydrogens is 250 g/mol. The Morgan fingerprint density at radius 1 is 1.30 bits per heavy atom. The predicted octanol–water partition coefficient (Wildman–Crippen LogP) is 2.08. The molecule has 0 radical (unpaired) electrons. The Bertz CT molecular complexity index is 620. The highest BCUT2D eigenvalue weighted by atomic mass is 15.4. The third kappa shape index (κ3) is 2.06. The summed E-state index contributed by atoms with van der Waals surface area (Å²) in [5, 5.41) is 8.07. The second-order valence-corrected chi connectivity index (χ2v) is 6.09. The van der Waals surface area contributed by atoms with Crippen molar-refractivity contribution in [2.24, 2.45) is 0 Å². The van der Waals surface area contributed by atoms with Gasteiger partial charge in [0.15, 0.2) is 5.65 Å². The van der Waals surface area contributed by atoms with Crippen LogP contribution in [-0.4, -0.2) is 44.7 Å². The molecule has 2 unspecified atom stereocenters. The summed E-state index contributed by atoms with van der Waals surface area (Å²) in [6.45, 7) is 4.59. The van der Waals surface area contributed by atoms with Crippen LogP contribution in [0.2, 0.25) is 0 Å². The molecule has 5 heteroatoms.